The molecule has 5 nitrogen and oxygen atoms in total. The van der Waals surface area contributed by atoms with Crippen molar-refractivity contribution in [2.75, 3.05) is 38.2 Å². The number of carbonyl (C=O) groups excluding carboxylic acids is 1. The highest BCUT2D eigenvalue weighted by Gasteiger charge is 2.21. The van der Waals surface area contributed by atoms with E-state index in [4.69, 9.17) is 16.3 Å². The van der Waals surface area contributed by atoms with Gasteiger partial charge in [-0.3, -0.25) is 0 Å². The number of halogens is 1. The van der Waals surface area contributed by atoms with Crippen molar-refractivity contribution in [3.63, 3.8) is 0 Å². The molecule has 2 amide bonds. The van der Waals surface area contributed by atoms with Crippen LogP contribution in [0.5, 0.6) is 5.75 Å². The first-order valence-corrected chi connectivity index (χ1v) is 8.70. The highest BCUT2D eigenvalue weighted by molar-refractivity contribution is 6.30. The number of nitrogens with one attached hydrogen (secondary N) is 1. The number of para-hydroxylation sites is 1. The fourth-order valence-corrected chi connectivity index (χ4v) is 3.16. The monoisotopic (exact) mass is 359 g/mol. The molecule has 2 aromatic rings. The maximum absolute atomic E-state index is 12.4. The number of hydrogen-bond acceptors (Lipinski definition) is 3. The van der Waals surface area contributed by atoms with E-state index in [0.29, 0.717) is 19.6 Å². The van der Waals surface area contributed by atoms with Crippen LogP contribution >= 0.6 is 11.6 Å². The number of piperazine rings is 1. The Labute approximate surface area is 153 Å². The molecule has 0 aliphatic carbocycles. The molecule has 0 saturated carbocycles. The second-order valence-electron chi connectivity index (χ2n) is 5.92. The lowest BCUT2D eigenvalue weighted by atomic mass is 10.2. The van der Waals surface area contributed by atoms with Crippen molar-refractivity contribution in [2.24, 2.45) is 0 Å². The topological polar surface area (TPSA) is 44.8 Å². The Balaban J connectivity index is 1.51. The standard InChI is InChI=1S/C19H22ClN3O2/c1-25-18-8-3-2-5-15(18)14-21-19(24)23-11-9-22(10-12-23)17-7-4-6-16(20)13-17/h2-8,13H,9-12,14H2,1H3,(H,21,24). The van der Waals surface area contributed by atoms with E-state index in [1.54, 1.807) is 7.11 Å². The molecule has 1 N–H and O–H groups in total. The first kappa shape index (κ1) is 17.4. The molecule has 0 bridgehead atoms. The number of ether oxygens (including phenoxy) is 1. The summed E-state index contributed by atoms with van der Waals surface area (Å²) in [5.41, 5.74) is 2.07. The van der Waals surface area contributed by atoms with Crippen LogP contribution in [-0.4, -0.2) is 44.2 Å². The molecule has 0 aromatic heterocycles. The van der Waals surface area contributed by atoms with E-state index in [0.717, 1.165) is 35.1 Å². The summed E-state index contributed by atoms with van der Waals surface area (Å²) in [6.07, 6.45) is 0. The van der Waals surface area contributed by atoms with Gasteiger partial charge < -0.3 is 19.9 Å². The van der Waals surface area contributed by atoms with Gasteiger partial charge in [0, 0.05) is 49.0 Å². The van der Waals surface area contributed by atoms with Gasteiger partial charge in [0.1, 0.15) is 5.75 Å². The minimum absolute atomic E-state index is 0.0448. The molecule has 2 aromatic carbocycles. The molecule has 6 heteroatoms. The fraction of sp³-hybridized carbons (Fsp3) is 0.316. The number of rotatable bonds is 4. The van der Waals surface area contributed by atoms with E-state index in [9.17, 15) is 4.79 Å². The third kappa shape index (κ3) is 4.37. The molecule has 132 valence electrons. The minimum Gasteiger partial charge on any atom is -0.496 e. The molecule has 25 heavy (non-hydrogen) atoms. The molecule has 1 fully saturated rings. The highest BCUT2D eigenvalue weighted by Crippen LogP contribution is 2.21. The van der Waals surface area contributed by atoms with E-state index < -0.39 is 0 Å². The van der Waals surface area contributed by atoms with Gasteiger partial charge in [0.25, 0.3) is 0 Å². The minimum atomic E-state index is -0.0448. The maximum atomic E-state index is 12.4. The maximum Gasteiger partial charge on any atom is 0.317 e. The van der Waals surface area contributed by atoms with E-state index in [2.05, 4.69) is 10.2 Å². The normalized spacial score (nSPS) is 14.3. The summed E-state index contributed by atoms with van der Waals surface area (Å²) in [5, 5.41) is 3.71. The van der Waals surface area contributed by atoms with Gasteiger partial charge in [-0.1, -0.05) is 35.9 Å². The molecule has 1 aliphatic heterocycles. The SMILES string of the molecule is COc1ccccc1CNC(=O)N1CCN(c2cccc(Cl)c2)CC1. The average molecular weight is 360 g/mol. The van der Waals surface area contributed by atoms with Crippen molar-refractivity contribution in [3.8, 4) is 5.75 Å². The Kier molecular flexibility index (Phi) is 5.66. The third-order valence-electron chi connectivity index (χ3n) is 4.36. The lowest BCUT2D eigenvalue weighted by Gasteiger charge is -2.36. The van der Waals surface area contributed by atoms with Gasteiger partial charge in [-0.05, 0) is 24.3 Å². The molecule has 3 rings (SSSR count). The van der Waals surface area contributed by atoms with Gasteiger partial charge in [-0.2, -0.15) is 0 Å². The summed E-state index contributed by atoms with van der Waals surface area (Å²) in [4.78, 5) is 16.5. The van der Waals surface area contributed by atoms with Crippen molar-refractivity contribution in [3.05, 3.63) is 59.1 Å². The zero-order valence-corrected chi connectivity index (χ0v) is 15.0. The lowest BCUT2D eigenvalue weighted by Crippen LogP contribution is -2.51. The molecule has 1 heterocycles. The van der Waals surface area contributed by atoms with Crippen molar-refractivity contribution < 1.29 is 9.53 Å². The molecular weight excluding hydrogens is 338 g/mol. The number of hydrogen-bond donors (Lipinski definition) is 1. The van der Waals surface area contributed by atoms with Crippen LogP contribution in [0.2, 0.25) is 5.02 Å². The van der Waals surface area contributed by atoms with Crippen molar-refractivity contribution in [1.29, 1.82) is 0 Å². The first-order chi connectivity index (χ1) is 12.2. The summed E-state index contributed by atoms with van der Waals surface area (Å²) in [6.45, 7) is 3.41. The molecule has 0 atom stereocenters. The Morgan fingerprint density at radius 3 is 2.60 bits per heavy atom. The van der Waals surface area contributed by atoms with Gasteiger partial charge in [0.05, 0.1) is 7.11 Å². The Morgan fingerprint density at radius 2 is 1.88 bits per heavy atom. The van der Waals surface area contributed by atoms with Crippen molar-refractivity contribution in [1.82, 2.24) is 10.2 Å². The number of carbonyl (C=O) groups is 1. The predicted molar refractivity (Wildman–Crippen MR) is 100 cm³/mol. The van der Waals surface area contributed by atoms with Crippen LogP contribution in [0.4, 0.5) is 10.5 Å². The van der Waals surface area contributed by atoms with Crippen molar-refractivity contribution >= 4 is 23.3 Å². The van der Waals surface area contributed by atoms with Gasteiger partial charge in [0.15, 0.2) is 0 Å². The smallest absolute Gasteiger partial charge is 0.317 e. The predicted octanol–water partition coefficient (Wildman–Crippen LogP) is 3.38. The second-order valence-corrected chi connectivity index (χ2v) is 6.36. The van der Waals surface area contributed by atoms with Crippen molar-refractivity contribution in [2.45, 2.75) is 6.54 Å². The Bertz CT molecular complexity index is 730. The van der Waals surface area contributed by atoms with Gasteiger partial charge in [-0.25, -0.2) is 4.79 Å². The lowest BCUT2D eigenvalue weighted by molar-refractivity contribution is 0.194. The number of nitrogens with zero attached hydrogens (tertiary/aromatic N) is 2. The van der Waals surface area contributed by atoms with Crippen LogP contribution < -0.4 is 15.0 Å². The average Bonchev–Trinajstić information content (AvgIpc) is 2.66. The van der Waals surface area contributed by atoms with Crippen LogP contribution in [0.15, 0.2) is 48.5 Å². The number of urea groups is 1. The largest absolute Gasteiger partial charge is 0.496 e. The molecule has 1 saturated heterocycles. The van der Waals surface area contributed by atoms with Gasteiger partial charge in [-0.15, -0.1) is 0 Å². The Hall–Kier alpha value is -2.40. The molecular formula is C19H22ClN3O2. The van der Waals surface area contributed by atoms with Crippen LogP contribution in [0.25, 0.3) is 0 Å². The third-order valence-corrected chi connectivity index (χ3v) is 4.60. The highest BCUT2D eigenvalue weighted by atomic mass is 35.5. The van der Waals surface area contributed by atoms with Crippen LogP contribution in [-0.2, 0) is 6.54 Å². The van der Waals surface area contributed by atoms with Crippen LogP contribution in [0, 0.1) is 0 Å². The summed E-state index contributed by atoms with van der Waals surface area (Å²) in [5.74, 6) is 0.786. The summed E-state index contributed by atoms with van der Waals surface area (Å²) in [6, 6.07) is 15.5. The number of amides is 2. The zero-order chi connectivity index (χ0) is 17.6. The van der Waals surface area contributed by atoms with Gasteiger partial charge >= 0.3 is 6.03 Å². The van der Waals surface area contributed by atoms with Crippen LogP contribution in [0.3, 0.4) is 0 Å². The fourth-order valence-electron chi connectivity index (χ4n) is 2.97. The summed E-state index contributed by atoms with van der Waals surface area (Å²) in [7, 11) is 1.63. The van der Waals surface area contributed by atoms with E-state index >= 15 is 0 Å². The molecule has 1 aliphatic rings. The van der Waals surface area contributed by atoms with Gasteiger partial charge in [0.2, 0.25) is 0 Å². The quantitative estimate of drug-likeness (QED) is 0.910. The first-order valence-electron chi connectivity index (χ1n) is 8.32. The number of anilines is 1. The molecule has 0 unspecified atom stereocenters. The molecule has 0 spiro atoms. The second kappa shape index (κ2) is 8.12. The van der Waals surface area contributed by atoms with Crippen LogP contribution in [0.1, 0.15) is 5.56 Å². The number of methoxy groups -OCH3 is 1. The van der Waals surface area contributed by atoms with E-state index in [1.165, 1.54) is 0 Å². The summed E-state index contributed by atoms with van der Waals surface area (Å²) >= 11 is 6.06. The summed E-state index contributed by atoms with van der Waals surface area (Å²) < 4.78 is 5.31. The molecule has 0 radical (unpaired) electrons. The number of benzene rings is 2. The van der Waals surface area contributed by atoms with E-state index in [-0.39, 0.29) is 6.03 Å². The Morgan fingerprint density at radius 1 is 1.12 bits per heavy atom. The van der Waals surface area contributed by atoms with E-state index in [1.807, 2.05) is 53.4 Å². The zero-order valence-electron chi connectivity index (χ0n) is 14.2.